The van der Waals surface area contributed by atoms with Crippen LogP contribution in [-0.4, -0.2) is 23.2 Å². The number of aliphatic hydroxyl groups excluding tert-OH is 1. The van der Waals surface area contributed by atoms with E-state index in [0.29, 0.717) is 24.1 Å². The number of aliphatic hydroxyl groups is 1. The van der Waals surface area contributed by atoms with E-state index in [4.69, 9.17) is 0 Å². The van der Waals surface area contributed by atoms with Gasteiger partial charge in [0.2, 0.25) is 0 Å². The number of nitrogens with one attached hydrogen (secondary N) is 1. The van der Waals surface area contributed by atoms with Crippen LogP contribution in [0.1, 0.15) is 19.3 Å². The van der Waals surface area contributed by atoms with Crippen LogP contribution in [-0.2, 0) is 0 Å². The molecular formula is C13H17BrN2O3. The van der Waals surface area contributed by atoms with Gasteiger partial charge in [0.05, 0.1) is 4.92 Å². The van der Waals surface area contributed by atoms with E-state index in [1.54, 1.807) is 12.1 Å². The highest BCUT2D eigenvalue weighted by atomic mass is 79.9. The number of nitro benzene ring substituents is 1. The van der Waals surface area contributed by atoms with Crippen molar-refractivity contribution in [1.29, 1.82) is 0 Å². The minimum atomic E-state index is -0.382. The third kappa shape index (κ3) is 3.45. The van der Waals surface area contributed by atoms with Gasteiger partial charge < -0.3 is 10.4 Å². The number of hydrogen-bond donors (Lipinski definition) is 2. The van der Waals surface area contributed by atoms with Crippen molar-refractivity contribution in [3.05, 3.63) is 32.8 Å². The highest BCUT2D eigenvalue weighted by Gasteiger charge is 2.27. The molecule has 1 saturated carbocycles. The van der Waals surface area contributed by atoms with Crippen LogP contribution in [0.15, 0.2) is 22.7 Å². The summed E-state index contributed by atoms with van der Waals surface area (Å²) in [5.41, 5.74) is 0.615. The molecule has 19 heavy (non-hydrogen) atoms. The number of hydrogen-bond acceptors (Lipinski definition) is 4. The quantitative estimate of drug-likeness (QED) is 0.643. The number of nitro groups is 1. The number of anilines is 1. The third-order valence-electron chi connectivity index (χ3n) is 3.76. The van der Waals surface area contributed by atoms with Crippen molar-refractivity contribution in [3.63, 3.8) is 0 Å². The summed E-state index contributed by atoms with van der Waals surface area (Å²) in [5.74, 6) is 0.710. The Bertz CT molecular complexity index is 467. The monoisotopic (exact) mass is 328 g/mol. The van der Waals surface area contributed by atoms with E-state index in [2.05, 4.69) is 21.2 Å². The molecular weight excluding hydrogens is 312 g/mol. The predicted molar refractivity (Wildman–Crippen MR) is 77.2 cm³/mol. The van der Waals surface area contributed by atoms with E-state index >= 15 is 0 Å². The van der Waals surface area contributed by atoms with E-state index in [-0.39, 0.29) is 17.2 Å². The molecule has 1 aliphatic rings. The zero-order valence-corrected chi connectivity index (χ0v) is 12.1. The summed E-state index contributed by atoms with van der Waals surface area (Å²) in [5, 5.41) is 23.4. The summed E-state index contributed by atoms with van der Waals surface area (Å²) < 4.78 is 0.811. The van der Waals surface area contributed by atoms with Crippen molar-refractivity contribution >= 4 is 27.3 Å². The molecule has 0 spiro atoms. The lowest BCUT2D eigenvalue weighted by atomic mass is 9.97. The molecule has 2 atom stereocenters. The van der Waals surface area contributed by atoms with Crippen LogP contribution < -0.4 is 5.32 Å². The second kappa shape index (κ2) is 6.34. The van der Waals surface area contributed by atoms with Crippen LogP contribution >= 0.6 is 15.9 Å². The molecule has 0 aliphatic heterocycles. The maximum absolute atomic E-state index is 11.0. The van der Waals surface area contributed by atoms with Crippen molar-refractivity contribution in [2.45, 2.75) is 19.3 Å². The van der Waals surface area contributed by atoms with Gasteiger partial charge in [-0.2, -0.15) is 0 Å². The maximum Gasteiger partial charge on any atom is 0.292 e. The van der Waals surface area contributed by atoms with E-state index in [0.717, 1.165) is 23.7 Å². The van der Waals surface area contributed by atoms with Gasteiger partial charge in [-0.05, 0) is 36.8 Å². The molecule has 0 aromatic heterocycles. The predicted octanol–water partition coefficient (Wildman–Crippen LogP) is 3.18. The Morgan fingerprint density at radius 1 is 1.42 bits per heavy atom. The molecule has 2 rings (SSSR count). The molecule has 0 radical (unpaired) electrons. The Labute approximate surface area is 120 Å². The van der Waals surface area contributed by atoms with Gasteiger partial charge in [-0.3, -0.25) is 10.1 Å². The Morgan fingerprint density at radius 3 is 2.84 bits per heavy atom. The smallest absolute Gasteiger partial charge is 0.292 e. The third-order valence-corrected chi connectivity index (χ3v) is 4.25. The molecule has 104 valence electrons. The summed E-state index contributed by atoms with van der Waals surface area (Å²) in [6.45, 7) is 0.870. The SMILES string of the molecule is O=[N+]([O-])c1ccc(Br)cc1NCC1CCCC1CO. The lowest BCUT2D eigenvalue weighted by Crippen LogP contribution is -2.21. The van der Waals surface area contributed by atoms with Gasteiger partial charge in [0.15, 0.2) is 0 Å². The largest absolute Gasteiger partial charge is 0.396 e. The number of nitrogens with zero attached hydrogens (tertiary/aromatic N) is 1. The highest BCUT2D eigenvalue weighted by molar-refractivity contribution is 9.10. The Kier molecular flexibility index (Phi) is 4.76. The minimum absolute atomic E-state index is 0.0849. The first kappa shape index (κ1) is 14.3. The Balaban J connectivity index is 2.06. The first-order chi connectivity index (χ1) is 9.11. The lowest BCUT2D eigenvalue weighted by molar-refractivity contribution is -0.384. The molecule has 1 fully saturated rings. The first-order valence-corrected chi connectivity index (χ1v) is 7.19. The summed E-state index contributed by atoms with van der Waals surface area (Å²) in [4.78, 5) is 10.6. The Hall–Kier alpha value is -1.14. The average Bonchev–Trinajstić information content (AvgIpc) is 2.83. The van der Waals surface area contributed by atoms with Crippen LogP contribution in [0, 0.1) is 22.0 Å². The van der Waals surface area contributed by atoms with Gasteiger partial charge in [0, 0.05) is 23.7 Å². The van der Waals surface area contributed by atoms with Crippen LogP contribution in [0.3, 0.4) is 0 Å². The van der Waals surface area contributed by atoms with Crippen molar-refractivity contribution in [1.82, 2.24) is 0 Å². The van der Waals surface area contributed by atoms with Gasteiger partial charge in [0.25, 0.3) is 5.69 Å². The lowest BCUT2D eigenvalue weighted by Gasteiger charge is -2.18. The van der Waals surface area contributed by atoms with Gasteiger partial charge in [-0.15, -0.1) is 0 Å². The van der Waals surface area contributed by atoms with E-state index < -0.39 is 0 Å². The topological polar surface area (TPSA) is 75.4 Å². The maximum atomic E-state index is 11.0. The van der Waals surface area contributed by atoms with Gasteiger partial charge in [-0.1, -0.05) is 22.4 Å². The molecule has 2 N–H and O–H groups in total. The summed E-state index contributed by atoms with van der Waals surface area (Å²) in [6, 6.07) is 4.88. The molecule has 2 unspecified atom stereocenters. The molecule has 5 nitrogen and oxygen atoms in total. The molecule has 1 aromatic rings. The Morgan fingerprint density at radius 2 is 2.16 bits per heavy atom. The second-order valence-corrected chi connectivity index (χ2v) is 5.85. The van der Waals surface area contributed by atoms with Crippen molar-refractivity contribution < 1.29 is 10.0 Å². The molecule has 1 aromatic carbocycles. The molecule has 0 amide bonds. The van der Waals surface area contributed by atoms with Gasteiger partial charge in [0.1, 0.15) is 5.69 Å². The summed E-state index contributed by atoms with van der Waals surface area (Å²) in [7, 11) is 0. The first-order valence-electron chi connectivity index (χ1n) is 6.40. The average molecular weight is 329 g/mol. The normalized spacial score (nSPS) is 22.4. The fraction of sp³-hybridized carbons (Fsp3) is 0.538. The van der Waals surface area contributed by atoms with E-state index in [1.165, 1.54) is 6.07 Å². The second-order valence-electron chi connectivity index (χ2n) is 4.93. The minimum Gasteiger partial charge on any atom is -0.396 e. The molecule has 0 bridgehead atoms. The number of halogens is 1. The number of rotatable bonds is 5. The molecule has 0 heterocycles. The standard InChI is InChI=1S/C13H17BrN2O3/c14-11-4-5-13(16(18)19)12(6-11)15-7-9-2-1-3-10(9)8-17/h4-6,9-10,15,17H,1-3,7-8H2. The van der Waals surface area contributed by atoms with Crippen LogP contribution in [0.5, 0.6) is 0 Å². The van der Waals surface area contributed by atoms with E-state index in [9.17, 15) is 15.2 Å². The summed E-state index contributed by atoms with van der Waals surface area (Å²) >= 11 is 3.32. The fourth-order valence-corrected chi connectivity index (χ4v) is 3.03. The molecule has 1 aliphatic carbocycles. The van der Waals surface area contributed by atoms with Crippen molar-refractivity contribution in [2.24, 2.45) is 11.8 Å². The number of benzene rings is 1. The van der Waals surface area contributed by atoms with Crippen molar-refractivity contribution in [2.75, 3.05) is 18.5 Å². The van der Waals surface area contributed by atoms with Crippen molar-refractivity contribution in [3.8, 4) is 0 Å². The van der Waals surface area contributed by atoms with Gasteiger partial charge in [-0.25, -0.2) is 0 Å². The zero-order valence-electron chi connectivity index (χ0n) is 10.5. The van der Waals surface area contributed by atoms with Crippen LogP contribution in [0.2, 0.25) is 0 Å². The van der Waals surface area contributed by atoms with Crippen LogP contribution in [0.25, 0.3) is 0 Å². The summed E-state index contributed by atoms with van der Waals surface area (Å²) in [6.07, 6.45) is 3.24. The molecule has 6 heteroatoms. The highest BCUT2D eigenvalue weighted by Crippen LogP contribution is 2.33. The molecule has 0 saturated heterocycles. The van der Waals surface area contributed by atoms with Gasteiger partial charge >= 0.3 is 0 Å². The fourth-order valence-electron chi connectivity index (χ4n) is 2.67. The van der Waals surface area contributed by atoms with E-state index in [1.807, 2.05) is 0 Å². The van der Waals surface area contributed by atoms with Crippen LogP contribution in [0.4, 0.5) is 11.4 Å². The zero-order chi connectivity index (χ0) is 13.8.